The van der Waals surface area contributed by atoms with Crippen LogP contribution in [0, 0.1) is 0 Å². The molecule has 2 aromatic rings. The average Bonchev–Trinajstić information content (AvgIpc) is 3.12. The molecule has 2 heterocycles. The van der Waals surface area contributed by atoms with Crippen molar-refractivity contribution in [1.29, 1.82) is 0 Å². The Kier molecular flexibility index (Phi) is 5.18. The van der Waals surface area contributed by atoms with Crippen LogP contribution in [0.1, 0.15) is 11.6 Å². The first kappa shape index (κ1) is 19.6. The van der Waals surface area contributed by atoms with Gasteiger partial charge in [-0.2, -0.15) is 0 Å². The summed E-state index contributed by atoms with van der Waals surface area (Å²) >= 11 is 0. The Morgan fingerprint density at radius 2 is 1.77 bits per heavy atom. The normalized spacial score (nSPS) is 18.3. The summed E-state index contributed by atoms with van der Waals surface area (Å²) in [6.45, 7) is 4.38. The van der Waals surface area contributed by atoms with Crippen molar-refractivity contribution >= 4 is 17.6 Å². The zero-order valence-corrected chi connectivity index (χ0v) is 16.9. The molecule has 3 amide bonds. The van der Waals surface area contributed by atoms with E-state index < -0.39 is 6.04 Å². The molecular weight excluding hydrogens is 382 g/mol. The zero-order valence-electron chi connectivity index (χ0n) is 16.9. The van der Waals surface area contributed by atoms with Crippen molar-refractivity contribution in [3.8, 4) is 11.5 Å². The summed E-state index contributed by atoms with van der Waals surface area (Å²) in [6, 6.07) is 13.9. The predicted octanol–water partition coefficient (Wildman–Crippen LogP) is 3.26. The van der Waals surface area contributed by atoms with Crippen LogP contribution in [-0.2, 0) is 4.79 Å². The lowest BCUT2D eigenvalue weighted by Crippen LogP contribution is -2.47. The van der Waals surface area contributed by atoms with Gasteiger partial charge in [0.1, 0.15) is 11.5 Å². The van der Waals surface area contributed by atoms with Crippen molar-refractivity contribution in [3.63, 3.8) is 0 Å². The molecule has 1 atom stereocenters. The van der Waals surface area contributed by atoms with Gasteiger partial charge in [0.15, 0.2) is 0 Å². The number of amides is 3. The van der Waals surface area contributed by atoms with Crippen LogP contribution in [0.15, 0.2) is 72.5 Å². The summed E-state index contributed by atoms with van der Waals surface area (Å²) in [7, 11) is 3.12. The second-order valence-electron chi connectivity index (χ2n) is 7.01. The summed E-state index contributed by atoms with van der Waals surface area (Å²) in [5.74, 6) is 1.02. The van der Waals surface area contributed by atoms with E-state index in [-0.39, 0.29) is 11.9 Å². The second-order valence-corrected chi connectivity index (χ2v) is 7.01. The number of para-hydroxylation sites is 1. The molecule has 154 valence electrons. The number of ether oxygens (including phenoxy) is 2. The molecule has 0 fully saturated rings. The van der Waals surface area contributed by atoms with Crippen LogP contribution in [0.2, 0.25) is 0 Å². The number of urea groups is 1. The van der Waals surface area contributed by atoms with Gasteiger partial charge in [-0.15, -0.1) is 6.58 Å². The minimum atomic E-state index is -0.612. The fraction of sp³-hybridized carbons (Fsp3) is 0.217. The highest BCUT2D eigenvalue weighted by molar-refractivity contribution is 6.11. The lowest BCUT2D eigenvalue weighted by molar-refractivity contribution is -0.114. The number of anilines is 1. The summed E-state index contributed by atoms with van der Waals surface area (Å²) in [4.78, 5) is 29.7. The summed E-state index contributed by atoms with van der Waals surface area (Å²) in [5.41, 5.74) is 2.72. The highest BCUT2D eigenvalue weighted by atomic mass is 16.5. The maximum atomic E-state index is 13.5. The number of rotatable bonds is 6. The smallest absolute Gasteiger partial charge is 0.322 e. The molecule has 1 unspecified atom stereocenters. The molecule has 30 heavy (non-hydrogen) atoms. The van der Waals surface area contributed by atoms with Crippen molar-refractivity contribution < 1.29 is 19.1 Å². The SMILES string of the molecule is C=CCN1C(=O)NC(c2cc(OC)cc(OC)c2)C2=C1CN(c1ccccc1)C2=O. The molecule has 2 aliphatic heterocycles. The van der Waals surface area contributed by atoms with E-state index in [0.717, 1.165) is 5.69 Å². The Morgan fingerprint density at radius 3 is 2.37 bits per heavy atom. The van der Waals surface area contributed by atoms with Gasteiger partial charge in [-0.3, -0.25) is 9.69 Å². The average molecular weight is 405 g/mol. The van der Waals surface area contributed by atoms with E-state index in [0.29, 0.717) is 41.4 Å². The Hall–Kier alpha value is -3.74. The maximum absolute atomic E-state index is 13.5. The fourth-order valence-electron chi connectivity index (χ4n) is 3.88. The number of hydrogen-bond donors (Lipinski definition) is 1. The third-order valence-corrected chi connectivity index (χ3v) is 5.31. The van der Waals surface area contributed by atoms with Gasteiger partial charge in [-0.1, -0.05) is 24.3 Å². The van der Waals surface area contributed by atoms with Crippen molar-refractivity contribution in [3.05, 3.63) is 78.0 Å². The summed E-state index contributed by atoms with van der Waals surface area (Å²) in [6.07, 6.45) is 1.65. The molecule has 2 aliphatic rings. The topological polar surface area (TPSA) is 71.1 Å². The highest BCUT2D eigenvalue weighted by Crippen LogP contribution is 2.39. The molecule has 0 radical (unpaired) electrons. The molecule has 7 nitrogen and oxygen atoms in total. The van der Waals surface area contributed by atoms with E-state index in [1.165, 1.54) is 0 Å². The van der Waals surface area contributed by atoms with Gasteiger partial charge in [0, 0.05) is 18.3 Å². The minimum absolute atomic E-state index is 0.142. The van der Waals surface area contributed by atoms with Crippen molar-refractivity contribution in [2.24, 2.45) is 0 Å². The minimum Gasteiger partial charge on any atom is -0.497 e. The summed E-state index contributed by atoms with van der Waals surface area (Å²) < 4.78 is 10.8. The number of methoxy groups -OCH3 is 2. The number of benzene rings is 2. The molecule has 0 spiro atoms. The standard InChI is InChI=1S/C23H23N3O4/c1-4-10-25-19-14-26(16-8-6-5-7-9-16)22(27)20(19)21(24-23(25)28)15-11-17(29-2)13-18(12-15)30-3/h4-9,11-13,21H,1,10,14H2,2-3H3,(H,24,28). The molecule has 4 rings (SSSR count). The summed E-state index contributed by atoms with van der Waals surface area (Å²) in [5, 5.41) is 2.97. The first-order valence-corrected chi connectivity index (χ1v) is 9.59. The van der Waals surface area contributed by atoms with Gasteiger partial charge in [0.2, 0.25) is 0 Å². The van der Waals surface area contributed by atoms with Gasteiger partial charge < -0.3 is 19.7 Å². The van der Waals surface area contributed by atoms with Crippen molar-refractivity contribution in [2.45, 2.75) is 6.04 Å². The first-order valence-electron chi connectivity index (χ1n) is 9.59. The lowest BCUT2D eigenvalue weighted by Gasteiger charge is -2.33. The van der Waals surface area contributed by atoms with Crippen molar-refractivity contribution in [2.75, 3.05) is 32.2 Å². The molecule has 0 aliphatic carbocycles. The predicted molar refractivity (Wildman–Crippen MR) is 114 cm³/mol. The van der Waals surface area contributed by atoms with E-state index in [1.54, 1.807) is 48.3 Å². The number of hydrogen-bond acceptors (Lipinski definition) is 4. The monoisotopic (exact) mass is 405 g/mol. The Morgan fingerprint density at radius 1 is 1.10 bits per heavy atom. The van der Waals surface area contributed by atoms with Gasteiger partial charge in [-0.25, -0.2) is 4.79 Å². The van der Waals surface area contributed by atoms with Crippen LogP contribution >= 0.6 is 0 Å². The molecule has 0 saturated heterocycles. The van der Waals surface area contributed by atoms with Gasteiger partial charge in [0.05, 0.1) is 38.1 Å². The van der Waals surface area contributed by atoms with E-state index >= 15 is 0 Å². The van der Waals surface area contributed by atoms with E-state index in [1.807, 2.05) is 30.3 Å². The van der Waals surface area contributed by atoms with Crippen LogP contribution < -0.4 is 19.7 Å². The number of carbonyl (C=O) groups is 2. The Labute approximate surface area is 175 Å². The van der Waals surface area contributed by atoms with Crippen LogP contribution in [0.4, 0.5) is 10.5 Å². The third kappa shape index (κ3) is 3.28. The number of nitrogens with zero attached hydrogens (tertiary/aromatic N) is 2. The van der Waals surface area contributed by atoms with E-state index in [2.05, 4.69) is 11.9 Å². The molecule has 2 aromatic carbocycles. The van der Waals surface area contributed by atoms with Crippen molar-refractivity contribution in [1.82, 2.24) is 10.2 Å². The van der Waals surface area contributed by atoms with Crippen LogP contribution in [0.3, 0.4) is 0 Å². The molecular formula is C23H23N3O4. The van der Waals surface area contributed by atoms with Crippen LogP contribution in [-0.4, -0.2) is 44.1 Å². The molecule has 0 aromatic heterocycles. The fourth-order valence-corrected chi connectivity index (χ4v) is 3.88. The van der Waals surface area contributed by atoms with E-state index in [4.69, 9.17) is 9.47 Å². The van der Waals surface area contributed by atoms with Gasteiger partial charge in [-0.05, 0) is 29.8 Å². The Balaban J connectivity index is 1.82. The molecule has 0 saturated carbocycles. The second kappa shape index (κ2) is 7.94. The van der Waals surface area contributed by atoms with Crippen LogP contribution in [0.5, 0.6) is 11.5 Å². The highest BCUT2D eigenvalue weighted by Gasteiger charge is 2.44. The zero-order chi connectivity index (χ0) is 21.3. The quantitative estimate of drug-likeness (QED) is 0.749. The largest absolute Gasteiger partial charge is 0.497 e. The van der Waals surface area contributed by atoms with Gasteiger partial charge >= 0.3 is 6.03 Å². The first-order chi connectivity index (χ1) is 14.6. The third-order valence-electron chi connectivity index (χ3n) is 5.31. The molecule has 7 heteroatoms. The number of carbonyl (C=O) groups excluding carboxylic acids is 2. The van der Waals surface area contributed by atoms with Gasteiger partial charge in [0.25, 0.3) is 5.91 Å². The van der Waals surface area contributed by atoms with E-state index in [9.17, 15) is 9.59 Å². The Bertz CT molecular complexity index is 1010. The molecule has 1 N–H and O–H groups in total. The molecule has 0 bridgehead atoms. The number of nitrogens with one attached hydrogen (secondary N) is 1. The lowest BCUT2D eigenvalue weighted by atomic mass is 9.95. The van der Waals surface area contributed by atoms with Crippen LogP contribution in [0.25, 0.3) is 0 Å². The maximum Gasteiger partial charge on any atom is 0.322 e.